The van der Waals surface area contributed by atoms with Gasteiger partial charge in [-0.3, -0.25) is 4.79 Å². The Morgan fingerprint density at radius 1 is 1.55 bits per heavy atom. The van der Waals surface area contributed by atoms with Gasteiger partial charge in [0.25, 0.3) is 0 Å². The maximum absolute atomic E-state index is 11.4. The fourth-order valence-corrected chi connectivity index (χ4v) is 5.23. The third kappa shape index (κ3) is 1.57. The number of allylic oxidation sites excluding steroid dienone is 1. The Balaban J connectivity index is 1.80. The van der Waals surface area contributed by atoms with Gasteiger partial charge < -0.3 is 19.3 Å². The summed E-state index contributed by atoms with van der Waals surface area (Å²) in [5.41, 5.74) is 0.346. The molecule has 0 aromatic carbocycles. The number of aliphatic hydroxyl groups is 1. The van der Waals surface area contributed by atoms with Crippen molar-refractivity contribution in [2.24, 2.45) is 10.8 Å². The highest BCUT2D eigenvalue weighted by molar-refractivity contribution is 5.66. The molecule has 2 saturated heterocycles. The first kappa shape index (κ1) is 14.7. The van der Waals surface area contributed by atoms with Crippen molar-refractivity contribution in [1.29, 1.82) is 0 Å². The first-order valence-electron chi connectivity index (χ1n) is 8.13. The van der Waals surface area contributed by atoms with Crippen LogP contribution in [0, 0.1) is 10.8 Å². The number of carbonyl (C=O) groups excluding carboxylic acids is 1. The average Bonchev–Trinajstić information content (AvgIpc) is 3.21. The molecule has 6 atom stereocenters. The number of fused-ring (bicyclic) bond motifs is 2. The Bertz CT molecular complexity index is 551. The molecule has 1 spiro atoms. The maximum atomic E-state index is 11.4. The summed E-state index contributed by atoms with van der Waals surface area (Å²) in [6, 6.07) is 0. The van der Waals surface area contributed by atoms with Crippen LogP contribution in [-0.4, -0.2) is 48.2 Å². The molecule has 2 heterocycles. The number of hydrogen-bond donors (Lipinski definition) is 1. The van der Waals surface area contributed by atoms with E-state index in [0.717, 1.165) is 12.8 Å². The molecule has 1 saturated carbocycles. The number of epoxide rings is 1. The van der Waals surface area contributed by atoms with Gasteiger partial charge in [0.15, 0.2) is 0 Å². The van der Waals surface area contributed by atoms with Crippen molar-refractivity contribution in [2.75, 3.05) is 13.2 Å². The lowest BCUT2D eigenvalue weighted by atomic mass is 9.52. The minimum absolute atomic E-state index is 0.123. The Hall–Kier alpha value is -0.910. The van der Waals surface area contributed by atoms with Crippen LogP contribution in [0.1, 0.15) is 40.0 Å². The lowest BCUT2D eigenvalue weighted by molar-refractivity contribution is -0.221. The van der Waals surface area contributed by atoms with E-state index in [-0.39, 0.29) is 29.0 Å². The second-order valence-electron chi connectivity index (χ2n) is 7.71. The van der Waals surface area contributed by atoms with Crippen LogP contribution in [0.2, 0.25) is 0 Å². The monoisotopic (exact) mass is 308 g/mol. The van der Waals surface area contributed by atoms with Gasteiger partial charge in [-0.2, -0.15) is 0 Å². The van der Waals surface area contributed by atoms with Crippen LogP contribution in [0.5, 0.6) is 0 Å². The van der Waals surface area contributed by atoms with Crippen molar-refractivity contribution in [2.45, 2.75) is 63.9 Å². The SMILES string of the molecule is CC(=O)OC[C@]12CCC(C)=C[C@H]1O[C@@H]1[C@H](O)C[C@@]2(C)[C@]12CO2. The molecule has 4 aliphatic rings. The zero-order valence-corrected chi connectivity index (χ0v) is 13.4. The molecule has 0 aromatic rings. The van der Waals surface area contributed by atoms with Crippen LogP contribution in [-0.2, 0) is 19.0 Å². The Morgan fingerprint density at radius 2 is 2.27 bits per heavy atom. The summed E-state index contributed by atoms with van der Waals surface area (Å²) in [6.07, 6.45) is 3.76. The van der Waals surface area contributed by atoms with Crippen LogP contribution in [0.15, 0.2) is 11.6 Å². The predicted molar refractivity (Wildman–Crippen MR) is 78.1 cm³/mol. The van der Waals surface area contributed by atoms with Gasteiger partial charge in [0.05, 0.1) is 18.8 Å². The molecule has 122 valence electrons. The summed E-state index contributed by atoms with van der Waals surface area (Å²) in [7, 11) is 0. The number of carbonyl (C=O) groups is 1. The Labute approximate surface area is 130 Å². The van der Waals surface area contributed by atoms with Gasteiger partial charge in [-0.05, 0) is 26.2 Å². The Kier molecular flexibility index (Phi) is 2.89. The third-order valence-corrected chi connectivity index (χ3v) is 6.69. The molecule has 22 heavy (non-hydrogen) atoms. The number of aliphatic hydroxyl groups excluding tert-OH is 1. The highest BCUT2D eigenvalue weighted by atomic mass is 16.6. The summed E-state index contributed by atoms with van der Waals surface area (Å²) in [5, 5.41) is 10.5. The fourth-order valence-electron chi connectivity index (χ4n) is 5.23. The van der Waals surface area contributed by atoms with Gasteiger partial charge >= 0.3 is 5.97 Å². The summed E-state index contributed by atoms with van der Waals surface area (Å²) in [5.74, 6) is -0.269. The first-order valence-corrected chi connectivity index (χ1v) is 8.13. The molecule has 5 nitrogen and oxygen atoms in total. The highest BCUT2D eigenvalue weighted by Crippen LogP contribution is 2.71. The van der Waals surface area contributed by atoms with E-state index >= 15 is 0 Å². The number of esters is 1. The maximum Gasteiger partial charge on any atom is 0.302 e. The molecule has 2 aliphatic carbocycles. The standard InChI is InChI=1S/C17H24O5/c1-10-4-5-16(8-20-11(2)18)13(6-10)22-14-12(19)7-15(16,3)17(14)9-21-17/h6,12-14,19H,4-5,7-9H2,1-3H3/t12-,13-,14-,15-,16-,17+/m1/s1. The van der Waals surface area contributed by atoms with E-state index in [1.54, 1.807) is 0 Å². The molecule has 3 fully saturated rings. The molecule has 2 bridgehead atoms. The van der Waals surface area contributed by atoms with Crippen molar-refractivity contribution in [1.82, 2.24) is 0 Å². The molecule has 0 unspecified atom stereocenters. The second kappa shape index (κ2) is 4.34. The summed E-state index contributed by atoms with van der Waals surface area (Å²) < 4.78 is 17.6. The van der Waals surface area contributed by atoms with Gasteiger partial charge in [0.2, 0.25) is 0 Å². The summed E-state index contributed by atoms with van der Waals surface area (Å²) in [6.45, 7) is 6.70. The topological polar surface area (TPSA) is 68.3 Å². The van der Waals surface area contributed by atoms with Crippen molar-refractivity contribution >= 4 is 5.97 Å². The quantitative estimate of drug-likeness (QED) is 0.476. The molecular weight excluding hydrogens is 284 g/mol. The van der Waals surface area contributed by atoms with E-state index in [9.17, 15) is 9.90 Å². The van der Waals surface area contributed by atoms with Gasteiger partial charge in [0, 0.05) is 17.8 Å². The molecule has 5 heteroatoms. The van der Waals surface area contributed by atoms with Gasteiger partial charge in [-0.1, -0.05) is 18.6 Å². The van der Waals surface area contributed by atoms with Crippen molar-refractivity contribution in [3.8, 4) is 0 Å². The van der Waals surface area contributed by atoms with Gasteiger partial charge in [0.1, 0.15) is 18.3 Å². The fraction of sp³-hybridized carbons (Fsp3) is 0.824. The van der Waals surface area contributed by atoms with Crippen LogP contribution in [0.25, 0.3) is 0 Å². The van der Waals surface area contributed by atoms with Crippen molar-refractivity contribution in [3.63, 3.8) is 0 Å². The largest absolute Gasteiger partial charge is 0.465 e. The zero-order chi connectivity index (χ0) is 15.8. The lowest BCUT2D eigenvalue weighted by Crippen LogP contribution is -2.64. The normalized spacial score (nSPS) is 52.2. The van der Waals surface area contributed by atoms with Crippen LogP contribution >= 0.6 is 0 Å². The van der Waals surface area contributed by atoms with Crippen LogP contribution in [0.3, 0.4) is 0 Å². The number of rotatable bonds is 2. The second-order valence-corrected chi connectivity index (χ2v) is 7.71. The van der Waals surface area contributed by atoms with E-state index in [4.69, 9.17) is 14.2 Å². The van der Waals surface area contributed by atoms with E-state index in [0.29, 0.717) is 19.6 Å². The summed E-state index contributed by atoms with van der Waals surface area (Å²) >= 11 is 0. The van der Waals surface area contributed by atoms with E-state index in [1.165, 1.54) is 12.5 Å². The smallest absolute Gasteiger partial charge is 0.302 e. The van der Waals surface area contributed by atoms with Gasteiger partial charge in [-0.15, -0.1) is 0 Å². The van der Waals surface area contributed by atoms with E-state index < -0.39 is 11.7 Å². The summed E-state index contributed by atoms with van der Waals surface area (Å²) in [4.78, 5) is 11.4. The number of hydrogen-bond acceptors (Lipinski definition) is 5. The minimum atomic E-state index is -0.513. The highest BCUT2D eigenvalue weighted by Gasteiger charge is 2.81. The van der Waals surface area contributed by atoms with Crippen LogP contribution < -0.4 is 0 Å². The molecule has 1 N–H and O–H groups in total. The predicted octanol–water partition coefficient (Wildman–Crippen LogP) is 1.58. The average molecular weight is 308 g/mol. The van der Waals surface area contributed by atoms with Crippen LogP contribution in [0.4, 0.5) is 0 Å². The Morgan fingerprint density at radius 3 is 2.91 bits per heavy atom. The number of ether oxygens (including phenoxy) is 3. The minimum Gasteiger partial charge on any atom is -0.465 e. The van der Waals surface area contributed by atoms with E-state index in [1.807, 2.05) is 0 Å². The molecule has 0 aromatic heterocycles. The molecule has 0 amide bonds. The molecule has 2 aliphatic heterocycles. The van der Waals surface area contributed by atoms with Crippen molar-refractivity contribution < 1.29 is 24.1 Å². The van der Waals surface area contributed by atoms with Gasteiger partial charge in [-0.25, -0.2) is 0 Å². The molecule has 4 rings (SSSR count). The van der Waals surface area contributed by atoms with E-state index in [2.05, 4.69) is 19.9 Å². The first-order chi connectivity index (χ1) is 10.3. The third-order valence-electron chi connectivity index (χ3n) is 6.69. The molecular formula is C17H24O5. The lowest BCUT2D eigenvalue weighted by Gasteiger charge is -2.57. The zero-order valence-electron chi connectivity index (χ0n) is 13.4. The molecule has 0 radical (unpaired) electrons. The van der Waals surface area contributed by atoms with Crippen molar-refractivity contribution in [3.05, 3.63) is 11.6 Å².